The number of rotatable bonds is 1. The number of aryl methyl sites for hydroxylation is 1. The first-order valence-electron chi connectivity index (χ1n) is 5.99. The molecule has 2 aliphatic rings. The second kappa shape index (κ2) is 3.74. The zero-order valence-corrected chi connectivity index (χ0v) is 10.3. The van der Waals surface area contributed by atoms with Gasteiger partial charge in [0, 0.05) is 23.1 Å². The maximum Gasteiger partial charge on any atom is 0.0854 e. The Balaban J connectivity index is 1.98. The van der Waals surface area contributed by atoms with Crippen LogP contribution in [0, 0.1) is 0 Å². The average molecular weight is 235 g/mol. The third-order valence-corrected chi connectivity index (χ3v) is 5.48. The van der Waals surface area contributed by atoms with Gasteiger partial charge in [-0.15, -0.1) is 0 Å². The van der Waals surface area contributed by atoms with Crippen LogP contribution in [0.5, 0.6) is 0 Å². The molecule has 1 aromatic heterocycles. The fraction of sp³-hybridized carbons (Fsp3) is 0.615. The number of hydrogen-bond acceptors (Lipinski definition) is 3. The first-order valence-corrected chi connectivity index (χ1v) is 7.04. The van der Waals surface area contributed by atoms with E-state index in [0.29, 0.717) is 5.25 Å². The molecule has 3 rings (SSSR count). The molecule has 2 heterocycles. The van der Waals surface area contributed by atoms with E-state index in [4.69, 9.17) is 0 Å². The number of pyridine rings is 1. The molecule has 0 saturated carbocycles. The minimum atomic E-state index is -0.524. The van der Waals surface area contributed by atoms with E-state index in [1.165, 1.54) is 5.56 Å². The molecule has 0 spiro atoms. The van der Waals surface area contributed by atoms with E-state index in [0.717, 1.165) is 30.7 Å². The Kier molecular flexibility index (Phi) is 2.48. The fourth-order valence-corrected chi connectivity index (χ4v) is 4.47. The molecule has 1 N–H and O–H groups in total. The van der Waals surface area contributed by atoms with Crippen LogP contribution in [0.1, 0.15) is 36.9 Å². The van der Waals surface area contributed by atoms with Crippen molar-refractivity contribution in [2.75, 3.05) is 5.75 Å². The average Bonchev–Trinajstić information content (AvgIpc) is 2.85. The highest BCUT2D eigenvalue weighted by molar-refractivity contribution is 8.00. The van der Waals surface area contributed by atoms with Crippen molar-refractivity contribution in [2.24, 2.45) is 0 Å². The van der Waals surface area contributed by atoms with Crippen LogP contribution in [-0.2, 0) is 6.42 Å². The van der Waals surface area contributed by atoms with Gasteiger partial charge in [0.1, 0.15) is 0 Å². The van der Waals surface area contributed by atoms with Gasteiger partial charge in [0.25, 0.3) is 0 Å². The standard InChI is InChI=1S/C13H17NOS/c1-9-13(15,6-8-16-9)11-5-4-10-3-2-7-14-12(10)11/h2-3,7,9,11,15H,4-6,8H2,1H3. The highest BCUT2D eigenvalue weighted by Gasteiger charge is 2.48. The van der Waals surface area contributed by atoms with Gasteiger partial charge in [-0.25, -0.2) is 0 Å². The van der Waals surface area contributed by atoms with Crippen molar-refractivity contribution >= 4 is 11.8 Å². The Morgan fingerprint density at radius 3 is 3.19 bits per heavy atom. The van der Waals surface area contributed by atoms with Gasteiger partial charge < -0.3 is 5.11 Å². The van der Waals surface area contributed by atoms with E-state index in [9.17, 15) is 5.11 Å². The molecule has 3 unspecified atom stereocenters. The molecular weight excluding hydrogens is 218 g/mol. The van der Waals surface area contributed by atoms with Crippen LogP contribution >= 0.6 is 11.8 Å². The van der Waals surface area contributed by atoms with Crippen LogP contribution in [0.15, 0.2) is 18.3 Å². The Hall–Kier alpha value is -0.540. The lowest BCUT2D eigenvalue weighted by atomic mass is 9.81. The van der Waals surface area contributed by atoms with Gasteiger partial charge in [-0.1, -0.05) is 13.0 Å². The maximum absolute atomic E-state index is 10.8. The van der Waals surface area contributed by atoms with Crippen molar-refractivity contribution in [2.45, 2.75) is 43.0 Å². The summed E-state index contributed by atoms with van der Waals surface area (Å²) >= 11 is 1.89. The summed E-state index contributed by atoms with van der Waals surface area (Å²) in [5.74, 6) is 1.34. The van der Waals surface area contributed by atoms with Gasteiger partial charge in [-0.2, -0.15) is 11.8 Å². The molecule has 0 aromatic carbocycles. The third-order valence-electron chi connectivity index (χ3n) is 4.14. The van der Waals surface area contributed by atoms with Gasteiger partial charge in [0.2, 0.25) is 0 Å². The number of fused-ring (bicyclic) bond motifs is 1. The largest absolute Gasteiger partial charge is 0.388 e. The van der Waals surface area contributed by atoms with Crippen LogP contribution in [0.3, 0.4) is 0 Å². The normalized spacial score (nSPS) is 37.6. The summed E-state index contributed by atoms with van der Waals surface area (Å²) in [6.45, 7) is 2.15. The van der Waals surface area contributed by atoms with Gasteiger partial charge >= 0.3 is 0 Å². The van der Waals surface area contributed by atoms with Crippen LogP contribution in [-0.4, -0.2) is 26.7 Å². The molecule has 0 bridgehead atoms. The highest BCUT2D eigenvalue weighted by atomic mass is 32.2. The van der Waals surface area contributed by atoms with Crippen molar-refractivity contribution in [1.29, 1.82) is 0 Å². The Bertz CT molecular complexity index is 409. The maximum atomic E-state index is 10.8. The summed E-state index contributed by atoms with van der Waals surface area (Å²) in [5.41, 5.74) is 1.97. The lowest BCUT2D eigenvalue weighted by Crippen LogP contribution is -2.40. The van der Waals surface area contributed by atoms with E-state index < -0.39 is 5.60 Å². The van der Waals surface area contributed by atoms with Crippen LogP contribution < -0.4 is 0 Å². The molecule has 3 atom stereocenters. The number of aliphatic hydroxyl groups is 1. The van der Waals surface area contributed by atoms with Crippen molar-refractivity contribution < 1.29 is 5.11 Å². The van der Waals surface area contributed by atoms with E-state index in [1.54, 1.807) is 0 Å². The van der Waals surface area contributed by atoms with Crippen LogP contribution in [0.2, 0.25) is 0 Å². The van der Waals surface area contributed by atoms with Gasteiger partial charge in [-0.3, -0.25) is 4.98 Å². The molecule has 16 heavy (non-hydrogen) atoms. The summed E-state index contributed by atoms with van der Waals surface area (Å²) in [7, 11) is 0. The minimum Gasteiger partial charge on any atom is -0.388 e. The summed E-state index contributed by atoms with van der Waals surface area (Å²) < 4.78 is 0. The van der Waals surface area contributed by atoms with Gasteiger partial charge in [0.05, 0.1) is 5.60 Å². The molecule has 2 nitrogen and oxygen atoms in total. The topological polar surface area (TPSA) is 33.1 Å². The van der Waals surface area contributed by atoms with E-state index in [-0.39, 0.29) is 5.92 Å². The third kappa shape index (κ3) is 1.41. The minimum absolute atomic E-state index is 0.258. The first-order chi connectivity index (χ1) is 7.72. The molecule has 0 amide bonds. The predicted molar refractivity (Wildman–Crippen MR) is 66.8 cm³/mol. The number of nitrogens with zero attached hydrogens (tertiary/aromatic N) is 1. The molecule has 1 aromatic rings. The molecule has 1 aliphatic carbocycles. The lowest BCUT2D eigenvalue weighted by Gasteiger charge is -2.33. The molecule has 1 aliphatic heterocycles. The van der Waals surface area contributed by atoms with E-state index >= 15 is 0 Å². The number of hydrogen-bond donors (Lipinski definition) is 1. The first kappa shape index (κ1) is 10.6. The monoisotopic (exact) mass is 235 g/mol. The molecule has 1 saturated heterocycles. The predicted octanol–water partition coefficient (Wildman–Crippen LogP) is 2.37. The highest BCUT2D eigenvalue weighted by Crippen LogP contribution is 2.49. The molecular formula is C13H17NOS. The zero-order valence-electron chi connectivity index (χ0n) is 9.52. The summed E-state index contributed by atoms with van der Waals surface area (Å²) in [6.07, 6.45) is 4.91. The fourth-order valence-electron chi connectivity index (χ4n) is 3.10. The van der Waals surface area contributed by atoms with Crippen LogP contribution in [0.25, 0.3) is 0 Å². The van der Waals surface area contributed by atoms with Crippen molar-refractivity contribution in [3.63, 3.8) is 0 Å². The number of thioether (sulfide) groups is 1. The SMILES string of the molecule is CC1SCCC1(O)C1CCc2cccnc21. The van der Waals surface area contributed by atoms with Gasteiger partial charge in [0.15, 0.2) is 0 Å². The summed E-state index contributed by atoms with van der Waals surface area (Å²) in [6, 6.07) is 4.15. The van der Waals surface area contributed by atoms with E-state index in [1.807, 2.05) is 24.0 Å². The molecule has 86 valence electrons. The van der Waals surface area contributed by atoms with Crippen molar-refractivity contribution in [3.05, 3.63) is 29.6 Å². The zero-order chi connectivity index (χ0) is 11.2. The summed E-state index contributed by atoms with van der Waals surface area (Å²) in [4.78, 5) is 4.50. The Morgan fingerprint density at radius 2 is 2.44 bits per heavy atom. The smallest absolute Gasteiger partial charge is 0.0854 e. The van der Waals surface area contributed by atoms with E-state index in [2.05, 4.69) is 18.0 Å². The molecule has 0 radical (unpaired) electrons. The second-order valence-electron chi connectivity index (χ2n) is 4.89. The summed E-state index contributed by atoms with van der Waals surface area (Å²) in [5, 5.41) is 11.2. The van der Waals surface area contributed by atoms with Crippen molar-refractivity contribution in [3.8, 4) is 0 Å². The second-order valence-corrected chi connectivity index (χ2v) is 6.34. The number of aromatic nitrogens is 1. The Labute approximate surface area is 100 Å². The molecule has 3 heteroatoms. The lowest BCUT2D eigenvalue weighted by molar-refractivity contribution is 0.0164. The van der Waals surface area contributed by atoms with Crippen molar-refractivity contribution in [1.82, 2.24) is 4.98 Å². The van der Waals surface area contributed by atoms with Gasteiger partial charge in [-0.05, 0) is 36.6 Å². The Morgan fingerprint density at radius 1 is 1.56 bits per heavy atom. The molecule has 1 fully saturated rings. The quantitative estimate of drug-likeness (QED) is 0.811. The van der Waals surface area contributed by atoms with Crippen LogP contribution in [0.4, 0.5) is 0 Å².